The summed E-state index contributed by atoms with van der Waals surface area (Å²) in [5, 5.41) is 4.94. The van der Waals surface area contributed by atoms with Crippen molar-refractivity contribution in [2.75, 3.05) is 13.1 Å². The van der Waals surface area contributed by atoms with Gasteiger partial charge in [0.15, 0.2) is 0 Å². The molecular weight excluding hydrogens is 188 g/mol. The lowest BCUT2D eigenvalue weighted by molar-refractivity contribution is 0.0637. The van der Waals surface area contributed by atoms with E-state index in [9.17, 15) is 4.91 Å². The lowest BCUT2D eigenvalue weighted by Crippen LogP contribution is -2.43. The summed E-state index contributed by atoms with van der Waals surface area (Å²) in [6, 6.07) is 0. The molecule has 0 aromatic rings. The fraction of sp³-hybridized carbons (Fsp3) is 0.833. The van der Waals surface area contributed by atoms with Crippen LogP contribution >= 0.6 is 0 Å². The molecule has 3 rings (SSSR count). The van der Waals surface area contributed by atoms with Crippen molar-refractivity contribution in [3.8, 4) is 0 Å². The van der Waals surface area contributed by atoms with Crippen LogP contribution in [0.3, 0.4) is 0 Å². The van der Waals surface area contributed by atoms with E-state index in [0.29, 0.717) is 5.41 Å². The average molecular weight is 206 g/mol. The van der Waals surface area contributed by atoms with Gasteiger partial charge in [-0.25, -0.2) is 0 Å². The van der Waals surface area contributed by atoms with Crippen molar-refractivity contribution in [1.29, 1.82) is 0 Å². The molecule has 0 spiro atoms. The third-order valence-corrected chi connectivity index (χ3v) is 4.88. The molecule has 3 heteroatoms. The van der Waals surface area contributed by atoms with Gasteiger partial charge >= 0.3 is 0 Å². The first kappa shape index (κ1) is 9.37. The third kappa shape index (κ3) is 1.12. The van der Waals surface area contributed by atoms with E-state index in [1.165, 1.54) is 38.5 Å². The first-order valence-electron chi connectivity index (χ1n) is 6.06. The third-order valence-electron chi connectivity index (χ3n) is 4.88. The maximum atomic E-state index is 10.7. The highest BCUT2D eigenvalue weighted by molar-refractivity contribution is 5.20. The van der Waals surface area contributed by atoms with Crippen LogP contribution in [0.15, 0.2) is 17.4 Å². The van der Waals surface area contributed by atoms with Crippen molar-refractivity contribution in [1.82, 2.24) is 5.01 Å². The Morgan fingerprint density at radius 1 is 1.13 bits per heavy atom. The first-order chi connectivity index (χ1) is 7.30. The zero-order valence-electron chi connectivity index (χ0n) is 9.11. The van der Waals surface area contributed by atoms with Crippen LogP contribution in [0.1, 0.15) is 38.5 Å². The van der Waals surface area contributed by atoms with Gasteiger partial charge in [0, 0.05) is 23.9 Å². The zero-order valence-corrected chi connectivity index (χ0v) is 9.11. The van der Waals surface area contributed by atoms with Crippen molar-refractivity contribution >= 4 is 0 Å². The molecule has 2 atom stereocenters. The van der Waals surface area contributed by atoms with Gasteiger partial charge in [0.2, 0.25) is 0 Å². The lowest BCUT2D eigenvalue weighted by Gasteiger charge is -2.48. The van der Waals surface area contributed by atoms with Crippen LogP contribution in [-0.4, -0.2) is 18.1 Å². The maximum absolute atomic E-state index is 10.7. The van der Waals surface area contributed by atoms with Crippen molar-refractivity contribution in [3.05, 3.63) is 17.1 Å². The Bertz CT molecular complexity index is 315. The van der Waals surface area contributed by atoms with Crippen LogP contribution in [0.4, 0.5) is 0 Å². The lowest BCUT2D eigenvalue weighted by atomic mass is 9.54. The van der Waals surface area contributed by atoms with Gasteiger partial charge in [-0.15, -0.1) is 4.91 Å². The molecule has 3 nitrogen and oxygen atoms in total. The van der Waals surface area contributed by atoms with Gasteiger partial charge in [-0.1, -0.05) is 25.0 Å². The summed E-state index contributed by atoms with van der Waals surface area (Å²) in [6.07, 6.45) is 12.4. The maximum Gasteiger partial charge on any atom is 0.0524 e. The molecule has 0 bridgehead atoms. The van der Waals surface area contributed by atoms with E-state index >= 15 is 0 Å². The van der Waals surface area contributed by atoms with E-state index in [-0.39, 0.29) is 5.41 Å². The van der Waals surface area contributed by atoms with Crippen molar-refractivity contribution in [2.24, 2.45) is 16.1 Å². The number of rotatable bonds is 1. The summed E-state index contributed by atoms with van der Waals surface area (Å²) in [7, 11) is 0. The predicted octanol–water partition coefficient (Wildman–Crippen LogP) is 2.88. The van der Waals surface area contributed by atoms with Gasteiger partial charge < -0.3 is 0 Å². The summed E-state index contributed by atoms with van der Waals surface area (Å²) < 4.78 is 0. The average Bonchev–Trinajstić information content (AvgIpc) is 2.63. The minimum absolute atomic E-state index is 0.289. The van der Waals surface area contributed by atoms with E-state index in [1.807, 2.05) is 0 Å². The minimum Gasteiger partial charge on any atom is -0.259 e. The molecule has 0 radical (unpaired) electrons. The highest BCUT2D eigenvalue weighted by Crippen LogP contribution is 2.60. The smallest absolute Gasteiger partial charge is 0.0524 e. The summed E-state index contributed by atoms with van der Waals surface area (Å²) >= 11 is 0. The molecule has 1 saturated carbocycles. The summed E-state index contributed by atoms with van der Waals surface area (Å²) in [5.41, 5.74) is 0.672. The fourth-order valence-corrected chi connectivity index (χ4v) is 4.12. The largest absolute Gasteiger partial charge is 0.259 e. The molecule has 2 fully saturated rings. The SMILES string of the molecule is O=NN1C[C@]23C=CCC[C@@]2(CCCC3)C1. The summed E-state index contributed by atoms with van der Waals surface area (Å²) in [4.78, 5) is 10.7. The number of hydrogen-bond donors (Lipinski definition) is 0. The molecule has 3 aliphatic rings. The Balaban J connectivity index is 2.01. The monoisotopic (exact) mass is 206 g/mol. The van der Waals surface area contributed by atoms with Crippen LogP contribution in [0.2, 0.25) is 0 Å². The van der Waals surface area contributed by atoms with Gasteiger partial charge in [0.05, 0.1) is 5.29 Å². The molecule has 0 N–H and O–H groups in total. The van der Waals surface area contributed by atoms with Crippen LogP contribution in [-0.2, 0) is 0 Å². The van der Waals surface area contributed by atoms with Crippen LogP contribution in [0.5, 0.6) is 0 Å². The predicted molar refractivity (Wildman–Crippen MR) is 59.1 cm³/mol. The zero-order chi connectivity index (χ0) is 10.4. The second kappa shape index (κ2) is 3.06. The van der Waals surface area contributed by atoms with Crippen molar-refractivity contribution in [2.45, 2.75) is 38.5 Å². The Morgan fingerprint density at radius 3 is 2.80 bits per heavy atom. The summed E-state index contributed by atoms with van der Waals surface area (Å²) in [5.74, 6) is 0. The Hall–Kier alpha value is -0.860. The molecule has 1 aliphatic heterocycles. The molecule has 1 heterocycles. The first-order valence-corrected chi connectivity index (χ1v) is 6.06. The highest BCUT2D eigenvalue weighted by atomic mass is 16.3. The van der Waals surface area contributed by atoms with Crippen molar-refractivity contribution in [3.63, 3.8) is 0 Å². The summed E-state index contributed by atoms with van der Waals surface area (Å²) in [6.45, 7) is 1.77. The van der Waals surface area contributed by atoms with Gasteiger partial charge in [-0.3, -0.25) is 5.01 Å². The van der Waals surface area contributed by atoms with Gasteiger partial charge in [-0.05, 0) is 25.7 Å². The van der Waals surface area contributed by atoms with E-state index in [4.69, 9.17) is 0 Å². The molecule has 0 unspecified atom stereocenters. The van der Waals surface area contributed by atoms with E-state index < -0.39 is 0 Å². The number of nitroso groups, excluding NO2 is 1. The highest BCUT2D eigenvalue weighted by Gasteiger charge is 2.57. The number of nitrogens with zero attached hydrogens (tertiary/aromatic N) is 2. The molecular formula is C12H18N2O. The van der Waals surface area contributed by atoms with Crippen LogP contribution < -0.4 is 0 Å². The van der Waals surface area contributed by atoms with Crippen molar-refractivity contribution < 1.29 is 0 Å². The van der Waals surface area contributed by atoms with Gasteiger partial charge in [0.25, 0.3) is 0 Å². The molecule has 2 aliphatic carbocycles. The number of hydrogen-bond acceptors (Lipinski definition) is 2. The van der Waals surface area contributed by atoms with Gasteiger partial charge in [-0.2, -0.15) is 0 Å². The van der Waals surface area contributed by atoms with E-state index in [2.05, 4.69) is 17.4 Å². The van der Waals surface area contributed by atoms with Crippen LogP contribution in [0, 0.1) is 15.7 Å². The minimum atomic E-state index is 0.289. The van der Waals surface area contributed by atoms with E-state index in [1.54, 1.807) is 5.01 Å². The normalized spacial score (nSPS) is 43.6. The topological polar surface area (TPSA) is 32.7 Å². The molecule has 0 aromatic heterocycles. The fourth-order valence-electron chi connectivity index (χ4n) is 4.12. The molecule has 0 amide bonds. The Kier molecular flexibility index (Phi) is 1.91. The molecule has 1 saturated heterocycles. The standard InChI is InChI=1S/C12H18N2O/c15-13-14-9-11-5-1-2-6-12(11,10-14)8-4-3-7-11/h1,5H,2-4,6-10H2/t11-,12-/m1/s1. The molecule has 15 heavy (non-hydrogen) atoms. The quantitative estimate of drug-likeness (QED) is 0.488. The molecule has 0 aromatic carbocycles. The second-order valence-corrected chi connectivity index (χ2v) is 5.49. The Labute approximate surface area is 90.5 Å². The van der Waals surface area contributed by atoms with Gasteiger partial charge in [0.1, 0.15) is 0 Å². The molecule has 82 valence electrons. The van der Waals surface area contributed by atoms with Crippen LogP contribution in [0.25, 0.3) is 0 Å². The Morgan fingerprint density at radius 2 is 2.00 bits per heavy atom. The second-order valence-electron chi connectivity index (χ2n) is 5.49. The number of allylic oxidation sites excluding steroid dienone is 1. The van der Waals surface area contributed by atoms with E-state index in [0.717, 1.165) is 13.1 Å².